The SMILES string of the molecule is CCCn1c(C(=O)N(C)CC(=O)N2CCCC(C(=O)O)C2)cc2ccccc21. The number of para-hydroxylation sites is 1. The molecule has 1 aliphatic heterocycles. The molecule has 150 valence electrons. The second-order valence-corrected chi connectivity index (χ2v) is 7.42. The van der Waals surface area contributed by atoms with Gasteiger partial charge in [-0.3, -0.25) is 14.4 Å². The summed E-state index contributed by atoms with van der Waals surface area (Å²) in [6.07, 6.45) is 2.15. The van der Waals surface area contributed by atoms with Crippen molar-refractivity contribution in [3.63, 3.8) is 0 Å². The first kappa shape index (κ1) is 19.9. The normalized spacial score (nSPS) is 16.9. The Morgan fingerprint density at radius 1 is 1.25 bits per heavy atom. The molecule has 1 atom stereocenters. The smallest absolute Gasteiger partial charge is 0.308 e. The summed E-state index contributed by atoms with van der Waals surface area (Å²) >= 11 is 0. The molecule has 1 aliphatic rings. The number of piperidine rings is 1. The average molecular weight is 385 g/mol. The lowest BCUT2D eigenvalue weighted by Crippen LogP contribution is -2.47. The number of hydrogen-bond acceptors (Lipinski definition) is 3. The highest BCUT2D eigenvalue weighted by Crippen LogP contribution is 2.22. The summed E-state index contributed by atoms with van der Waals surface area (Å²) in [6.45, 7) is 3.49. The van der Waals surface area contributed by atoms with Gasteiger partial charge in [0.05, 0.1) is 12.5 Å². The Balaban J connectivity index is 1.74. The second kappa shape index (κ2) is 8.46. The van der Waals surface area contributed by atoms with Gasteiger partial charge >= 0.3 is 5.97 Å². The van der Waals surface area contributed by atoms with E-state index in [9.17, 15) is 19.5 Å². The third-order valence-corrected chi connectivity index (χ3v) is 5.32. The highest BCUT2D eigenvalue weighted by Gasteiger charge is 2.29. The molecule has 1 N–H and O–H groups in total. The van der Waals surface area contributed by atoms with E-state index in [0.717, 1.165) is 23.9 Å². The van der Waals surface area contributed by atoms with Gasteiger partial charge in [-0.25, -0.2) is 0 Å². The van der Waals surface area contributed by atoms with Gasteiger partial charge in [0.1, 0.15) is 5.69 Å². The largest absolute Gasteiger partial charge is 0.481 e. The predicted molar refractivity (Wildman–Crippen MR) is 106 cm³/mol. The number of aromatic nitrogens is 1. The Bertz CT molecular complexity index is 889. The van der Waals surface area contributed by atoms with Gasteiger partial charge in [0.2, 0.25) is 5.91 Å². The first-order valence-electron chi connectivity index (χ1n) is 9.76. The van der Waals surface area contributed by atoms with Gasteiger partial charge in [-0.1, -0.05) is 25.1 Å². The molecular formula is C21H27N3O4. The van der Waals surface area contributed by atoms with Gasteiger partial charge in [0.25, 0.3) is 5.91 Å². The van der Waals surface area contributed by atoms with E-state index in [1.807, 2.05) is 34.9 Å². The number of amides is 2. The second-order valence-electron chi connectivity index (χ2n) is 7.42. The van der Waals surface area contributed by atoms with Gasteiger partial charge in [0.15, 0.2) is 0 Å². The summed E-state index contributed by atoms with van der Waals surface area (Å²) in [5.41, 5.74) is 1.58. The monoisotopic (exact) mass is 385 g/mol. The fraction of sp³-hybridized carbons (Fsp3) is 0.476. The van der Waals surface area contributed by atoms with Crippen LogP contribution in [0.3, 0.4) is 0 Å². The molecule has 7 heteroatoms. The van der Waals surface area contributed by atoms with Crippen molar-refractivity contribution in [1.29, 1.82) is 0 Å². The molecule has 2 amide bonds. The Morgan fingerprint density at radius 3 is 2.71 bits per heavy atom. The van der Waals surface area contributed by atoms with Gasteiger partial charge < -0.3 is 19.5 Å². The molecule has 3 rings (SSSR count). The summed E-state index contributed by atoms with van der Waals surface area (Å²) in [7, 11) is 1.62. The molecule has 1 fully saturated rings. The van der Waals surface area contributed by atoms with Gasteiger partial charge in [-0.2, -0.15) is 0 Å². The number of carboxylic acids is 1. The average Bonchev–Trinajstić information content (AvgIpc) is 3.06. The maximum absolute atomic E-state index is 13.0. The number of aryl methyl sites for hydroxylation is 1. The van der Waals surface area contributed by atoms with Crippen LogP contribution >= 0.6 is 0 Å². The summed E-state index contributed by atoms with van der Waals surface area (Å²) in [5.74, 6) is -1.80. The summed E-state index contributed by atoms with van der Waals surface area (Å²) in [5, 5.41) is 10.2. The van der Waals surface area contributed by atoms with Crippen LogP contribution in [-0.4, -0.2) is 63.9 Å². The van der Waals surface area contributed by atoms with Crippen LogP contribution < -0.4 is 0 Å². The molecule has 1 unspecified atom stereocenters. The maximum Gasteiger partial charge on any atom is 0.308 e. The van der Waals surface area contributed by atoms with Crippen molar-refractivity contribution < 1.29 is 19.5 Å². The fourth-order valence-corrected chi connectivity index (χ4v) is 3.83. The molecule has 7 nitrogen and oxygen atoms in total. The van der Waals surface area contributed by atoms with E-state index in [0.29, 0.717) is 25.1 Å². The molecular weight excluding hydrogens is 358 g/mol. The number of fused-ring (bicyclic) bond motifs is 1. The van der Waals surface area contributed by atoms with Crippen molar-refractivity contribution in [2.24, 2.45) is 5.92 Å². The number of hydrogen-bond donors (Lipinski definition) is 1. The van der Waals surface area contributed by atoms with E-state index in [4.69, 9.17) is 0 Å². The molecule has 1 aromatic heterocycles. The highest BCUT2D eigenvalue weighted by atomic mass is 16.4. The number of nitrogens with zero attached hydrogens (tertiary/aromatic N) is 3. The van der Waals surface area contributed by atoms with Crippen LogP contribution in [0, 0.1) is 5.92 Å². The lowest BCUT2D eigenvalue weighted by molar-refractivity contribution is -0.145. The van der Waals surface area contributed by atoms with Crippen molar-refractivity contribution in [3.8, 4) is 0 Å². The quantitative estimate of drug-likeness (QED) is 0.828. The van der Waals surface area contributed by atoms with Crippen LogP contribution in [0.2, 0.25) is 0 Å². The predicted octanol–water partition coefficient (Wildman–Crippen LogP) is 2.45. The summed E-state index contributed by atoms with van der Waals surface area (Å²) < 4.78 is 2.00. The van der Waals surface area contributed by atoms with Crippen LogP contribution in [0.5, 0.6) is 0 Å². The van der Waals surface area contributed by atoms with E-state index in [-0.39, 0.29) is 24.9 Å². The lowest BCUT2D eigenvalue weighted by Gasteiger charge is -2.32. The summed E-state index contributed by atoms with van der Waals surface area (Å²) in [4.78, 5) is 39.9. The topological polar surface area (TPSA) is 82.9 Å². The molecule has 1 saturated heterocycles. The number of aliphatic carboxylic acids is 1. The molecule has 28 heavy (non-hydrogen) atoms. The molecule has 0 bridgehead atoms. The van der Waals surface area contributed by atoms with E-state index < -0.39 is 11.9 Å². The zero-order valence-electron chi connectivity index (χ0n) is 16.4. The minimum atomic E-state index is -0.869. The first-order valence-corrected chi connectivity index (χ1v) is 9.76. The Hall–Kier alpha value is -2.83. The van der Waals surface area contributed by atoms with E-state index in [1.54, 1.807) is 11.9 Å². The van der Waals surface area contributed by atoms with Crippen LogP contribution in [-0.2, 0) is 16.1 Å². The third-order valence-electron chi connectivity index (χ3n) is 5.32. The van der Waals surface area contributed by atoms with Crippen molar-refractivity contribution in [2.75, 3.05) is 26.7 Å². The van der Waals surface area contributed by atoms with Crippen molar-refractivity contribution in [3.05, 3.63) is 36.0 Å². The fourth-order valence-electron chi connectivity index (χ4n) is 3.83. The van der Waals surface area contributed by atoms with Crippen molar-refractivity contribution >= 4 is 28.7 Å². The Labute approximate surface area is 164 Å². The first-order chi connectivity index (χ1) is 13.4. The van der Waals surface area contributed by atoms with Crippen LogP contribution in [0.15, 0.2) is 30.3 Å². The standard InChI is InChI=1S/C21H27N3O4/c1-3-10-24-17-9-5-4-7-15(17)12-18(24)20(26)22(2)14-19(25)23-11-6-8-16(13-23)21(27)28/h4-5,7,9,12,16H,3,6,8,10-11,13-14H2,1-2H3,(H,27,28). The van der Waals surface area contributed by atoms with Crippen molar-refractivity contribution in [1.82, 2.24) is 14.4 Å². The van der Waals surface area contributed by atoms with E-state index >= 15 is 0 Å². The van der Waals surface area contributed by atoms with Crippen LogP contribution in [0.4, 0.5) is 0 Å². The molecule has 0 spiro atoms. The molecule has 2 aromatic rings. The van der Waals surface area contributed by atoms with E-state index in [2.05, 4.69) is 6.92 Å². The Morgan fingerprint density at radius 2 is 2.00 bits per heavy atom. The minimum absolute atomic E-state index is 0.0567. The van der Waals surface area contributed by atoms with Gasteiger partial charge in [-0.05, 0) is 31.4 Å². The Kier molecular flexibility index (Phi) is 6.02. The summed E-state index contributed by atoms with van der Waals surface area (Å²) in [6, 6.07) is 9.73. The van der Waals surface area contributed by atoms with Crippen LogP contribution in [0.25, 0.3) is 10.9 Å². The highest BCUT2D eigenvalue weighted by molar-refractivity contribution is 6.00. The number of likely N-dealkylation sites (tertiary alicyclic amines) is 1. The number of carboxylic acid groups (broad SMARTS) is 1. The number of rotatable bonds is 6. The molecule has 2 heterocycles. The zero-order valence-corrected chi connectivity index (χ0v) is 16.4. The molecule has 0 radical (unpaired) electrons. The third kappa shape index (κ3) is 4.03. The molecule has 0 aliphatic carbocycles. The van der Waals surface area contributed by atoms with Gasteiger partial charge in [0, 0.05) is 37.6 Å². The lowest BCUT2D eigenvalue weighted by atomic mass is 9.98. The molecule has 0 saturated carbocycles. The number of benzene rings is 1. The number of carbonyl (C=O) groups excluding carboxylic acids is 2. The maximum atomic E-state index is 13.0. The van der Waals surface area contributed by atoms with Gasteiger partial charge in [-0.15, -0.1) is 0 Å². The van der Waals surface area contributed by atoms with E-state index in [1.165, 1.54) is 4.90 Å². The van der Waals surface area contributed by atoms with Crippen molar-refractivity contribution in [2.45, 2.75) is 32.7 Å². The van der Waals surface area contributed by atoms with Crippen LogP contribution in [0.1, 0.15) is 36.7 Å². The molecule has 1 aromatic carbocycles. The zero-order chi connectivity index (χ0) is 20.3. The number of likely N-dealkylation sites (N-methyl/N-ethyl adjacent to an activating group) is 1. The number of carbonyl (C=O) groups is 3. The minimum Gasteiger partial charge on any atom is -0.481 e.